The van der Waals surface area contributed by atoms with Crippen molar-refractivity contribution in [1.82, 2.24) is 0 Å². The number of nitrogens with one attached hydrogen (secondary N) is 1. The molecule has 2 nitrogen and oxygen atoms in total. The van der Waals surface area contributed by atoms with Gasteiger partial charge in [0.2, 0.25) is 5.91 Å². The van der Waals surface area contributed by atoms with Gasteiger partial charge in [-0.2, -0.15) is 0 Å². The highest BCUT2D eigenvalue weighted by atomic mass is 16.2. The first-order valence-corrected chi connectivity index (χ1v) is 6.04. The molecule has 2 aromatic carbocycles. The molecule has 86 valence electrons. The van der Waals surface area contributed by atoms with Gasteiger partial charge in [0, 0.05) is 11.6 Å². The molecular formula is C15H15NO. The third-order valence-electron chi connectivity index (χ3n) is 3.46. The van der Waals surface area contributed by atoms with Crippen LogP contribution in [0.4, 0.5) is 5.69 Å². The Hall–Kier alpha value is -1.83. The topological polar surface area (TPSA) is 29.1 Å². The molecule has 3 rings (SSSR count). The summed E-state index contributed by atoms with van der Waals surface area (Å²) in [6.45, 7) is 2.12. The molecule has 1 aliphatic carbocycles. The van der Waals surface area contributed by atoms with Crippen molar-refractivity contribution in [2.45, 2.75) is 13.3 Å². The van der Waals surface area contributed by atoms with E-state index in [9.17, 15) is 4.79 Å². The van der Waals surface area contributed by atoms with Crippen molar-refractivity contribution in [3.63, 3.8) is 0 Å². The summed E-state index contributed by atoms with van der Waals surface area (Å²) in [6.07, 6.45) is 1.03. The van der Waals surface area contributed by atoms with E-state index in [2.05, 4.69) is 24.4 Å². The molecular weight excluding hydrogens is 210 g/mol. The summed E-state index contributed by atoms with van der Waals surface area (Å²) in [5, 5.41) is 5.35. The first kappa shape index (κ1) is 10.3. The van der Waals surface area contributed by atoms with Crippen LogP contribution in [0, 0.1) is 11.8 Å². The molecule has 1 amide bonds. The number of hydrogen-bond donors (Lipinski definition) is 1. The Balaban J connectivity index is 1.83. The number of rotatable bonds is 2. The lowest BCUT2D eigenvalue weighted by atomic mass is 10.1. The van der Waals surface area contributed by atoms with Crippen molar-refractivity contribution in [2.24, 2.45) is 11.8 Å². The van der Waals surface area contributed by atoms with E-state index in [1.54, 1.807) is 0 Å². The van der Waals surface area contributed by atoms with Crippen LogP contribution in [0.1, 0.15) is 13.3 Å². The molecule has 17 heavy (non-hydrogen) atoms. The fraction of sp³-hybridized carbons (Fsp3) is 0.267. The molecule has 1 saturated carbocycles. The lowest BCUT2D eigenvalue weighted by Crippen LogP contribution is -2.14. The van der Waals surface area contributed by atoms with Crippen LogP contribution in [0.15, 0.2) is 42.5 Å². The maximum atomic E-state index is 11.8. The number of amides is 1. The minimum absolute atomic E-state index is 0.160. The van der Waals surface area contributed by atoms with E-state index in [-0.39, 0.29) is 11.8 Å². The SMILES string of the molecule is C[C@H]1C[C@H]1C(=O)Nc1ccc2ccccc2c1. The van der Waals surface area contributed by atoms with Gasteiger partial charge in [0.05, 0.1) is 0 Å². The zero-order valence-corrected chi connectivity index (χ0v) is 9.81. The van der Waals surface area contributed by atoms with Gasteiger partial charge in [-0.05, 0) is 35.2 Å². The van der Waals surface area contributed by atoms with Crippen molar-refractivity contribution >= 4 is 22.4 Å². The third kappa shape index (κ3) is 2.03. The van der Waals surface area contributed by atoms with Crippen LogP contribution >= 0.6 is 0 Å². The molecule has 0 unspecified atom stereocenters. The number of carbonyl (C=O) groups is 1. The Morgan fingerprint density at radius 3 is 2.59 bits per heavy atom. The van der Waals surface area contributed by atoms with E-state index in [1.807, 2.05) is 30.3 Å². The fourth-order valence-corrected chi connectivity index (χ4v) is 2.19. The van der Waals surface area contributed by atoms with Crippen molar-refractivity contribution in [3.8, 4) is 0 Å². The second kappa shape index (κ2) is 3.88. The van der Waals surface area contributed by atoms with Gasteiger partial charge in [0.25, 0.3) is 0 Å². The molecule has 0 spiro atoms. The number of carbonyl (C=O) groups excluding carboxylic acids is 1. The summed E-state index contributed by atoms with van der Waals surface area (Å²) in [7, 11) is 0. The molecule has 2 aromatic rings. The molecule has 0 aromatic heterocycles. The average molecular weight is 225 g/mol. The predicted molar refractivity (Wildman–Crippen MR) is 69.8 cm³/mol. The van der Waals surface area contributed by atoms with Crippen molar-refractivity contribution in [1.29, 1.82) is 0 Å². The maximum Gasteiger partial charge on any atom is 0.227 e. The van der Waals surface area contributed by atoms with E-state index in [4.69, 9.17) is 0 Å². The summed E-state index contributed by atoms with van der Waals surface area (Å²) >= 11 is 0. The van der Waals surface area contributed by atoms with Crippen molar-refractivity contribution in [3.05, 3.63) is 42.5 Å². The highest BCUT2D eigenvalue weighted by molar-refractivity contribution is 5.96. The van der Waals surface area contributed by atoms with Gasteiger partial charge in [0.1, 0.15) is 0 Å². The van der Waals surface area contributed by atoms with E-state index in [0.717, 1.165) is 17.5 Å². The Morgan fingerprint density at radius 1 is 1.18 bits per heavy atom. The summed E-state index contributed by atoms with van der Waals surface area (Å²) in [5.74, 6) is 0.935. The smallest absolute Gasteiger partial charge is 0.227 e. The van der Waals surface area contributed by atoms with Crippen LogP contribution in [-0.4, -0.2) is 5.91 Å². The zero-order chi connectivity index (χ0) is 11.8. The molecule has 1 N–H and O–H groups in total. The Bertz CT molecular complexity index is 576. The van der Waals surface area contributed by atoms with Gasteiger partial charge in [-0.15, -0.1) is 0 Å². The minimum Gasteiger partial charge on any atom is -0.326 e. The predicted octanol–water partition coefficient (Wildman–Crippen LogP) is 3.43. The average Bonchev–Trinajstić information content (AvgIpc) is 3.06. The standard InChI is InChI=1S/C15H15NO/c1-10-8-14(10)15(17)16-13-7-6-11-4-2-3-5-12(11)9-13/h2-7,9-10,14H,8H2,1H3,(H,16,17)/t10-,14+/m0/s1. The first-order chi connectivity index (χ1) is 8.24. The van der Waals surface area contributed by atoms with Crippen LogP contribution in [-0.2, 0) is 4.79 Å². The first-order valence-electron chi connectivity index (χ1n) is 6.04. The summed E-state index contributed by atoms with van der Waals surface area (Å²) in [4.78, 5) is 11.8. The van der Waals surface area contributed by atoms with Gasteiger partial charge in [-0.3, -0.25) is 4.79 Å². The van der Waals surface area contributed by atoms with Crippen LogP contribution < -0.4 is 5.32 Å². The van der Waals surface area contributed by atoms with Gasteiger partial charge in [-0.25, -0.2) is 0 Å². The lowest BCUT2D eigenvalue weighted by Gasteiger charge is -2.05. The second-order valence-electron chi connectivity index (χ2n) is 4.87. The highest BCUT2D eigenvalue weighted by Gasteiger charge is 2.38. The van der Waals surface area contributed by atoms with Crippen molar-refractivity contribution < 1.29 is 4.79 Å². The molecule has 0 bridgehead atoms. The quantitative estimate of drug-likeness (QED) is 0.833. The van der Waals surface area contributed by atoms with Crippen molar-refractivity contribution in [2.75, 3.05) is 5.32 Å². The Kier molecular flexibility index (Phi) is 2.36. The second-order valence-corrected chi connectivity index (χ2v) is 4.87. The van der Waals surface area contributed by atoms with Gasteiger partial charge in [-0.1, -0.05) is 37.3 Å². The molecule has 0 aliphatic heterocycles. The number of fused-ring (bicyclic) bond motifs is 1. The molecule has 2 atom stereocenters. The summed E-state index contributed by atoms with van der Waals surface area (Å²) in [5.41, 5.74) is 0.896. The van der Waals surface area contributed by atoms with Crippen LogP contribution in [0.25, 0.3) is 10.8 Å². The molecule has 1 aliphatic rings. The zero-order valence-electron chi connectivity index (χ0n) is 9.81. The number of hydrogen-bond acceptors (Lipinski definition) is 1. The largest absolute Gasteiger partial charge is 0.326 e. The van der Waals surface area contributed by atoms with E-state index >= 15 is 0 Å². The lowest BCUT2D eigenvalue weighted by molar-refractivity contribution is -0.117. The third-order valence-corrected chi connectivity index (χ3v) is 3.46. The maximum absolute atomic E-state index is 11.8. The Morgan fingerprint density at radius 2 is 1.88 bits per heavy atom. The van der Waals surface area contributed by atoms with Crippen LogP contribution in [0.2, 0.25) is 0 Å². The van der Waals surface area contributed by atoms with E-state index in [1.165, 1.54) is 5.39 Å². The molecule has 0 saturated heterocycles. The van der Waals surface area contributed by atoms with E-state index in [0.29, 0.717) is 5.92 Å². The van der Waals surface area contributed by atoms with Gasteiger partial charge < -0.3 is 5.32 Å². The van der Waals surface area contributed by atoms with Crippen LogP contribution in [0.5, 0.6) is 0 Å². The monoisotopic (exact) mass is 225 g/mol. The van der Waals surface area contributed by atoms with Crippen LogP contribution in [0.3, 0.4) is 0 Å². The highest BCUT2D eigenvalue weighted by Crippen LogP contribution is 2.38. The normalized spacial score (nSPS) is 22.4. The van der Waals surface area contributed by atoms with Gasteiger partial charge in [0.15, 0.2) is 0 Å². The van der Waals surface area contributed by atoms with E-state index < -0.39 is 0 Å². The Labute approximate surface area is 101 Å². The fourth-order valence-electron chi connectivity index (χ4n) is 2.19. The number of benzene rings is 2. The molecule has 2 heteroatoms. The molecule has 0 radical (unpaired) electrons. The summed E-state index contributed by atoms with van der Waals surface area (Å²) < 4.78 is 0. The molecule has 1 fully saturated rings. The molecule has 0 heterocycles. The minimum atomic E-state index is 0.160. The van der Waals surface area contributed by atoms with Gasteiger partial charge >= 0.3 is 0 Å². The number of anilines is 1. The summed E-state index contributed by atoms with van der Waals surface area (Å²) in [6, 6.07) is 14.2.